The molecule has 0 saturated heterocycles. The first-order valence-corrected chi connectivity index (χ1v) is 5.46. The van der Waals surface area contributed by atoms with Crippen molar-refractivity contribution in [2.45, 2.75) is 6.92 Å². The van der Waals surface area contributed by atoms with E-state index in [4.69, 9.17) is 5.73 Å². The van der Waals surface area contributed by atoms with Crippen LogP contribution < -0.4 is 11.3 Å². The van der Waals surface area contributed by atoms with Gasteiger partial charge in [0.05, 0.1) is 12.0 Å². The van der Waals surface area contributed by atoms with Crippen molar-refractivity contribution in [3.05, 3.63) is 46.5 Å². The van der Waals surface area contributed by atoms with Gasteiger partial charge in [-0.25, -0.2) is 9.55 Å². The minimum atomic E-state index is -0.246. The Labute approximate surface area is 102 Å². The Hall–Kier alpha value is -2.63. The van der Waals surface area contributed by atoms with Gasteiger partial charge >= 0.3 is 0 Å². The lowest BCUT2D eigenvalue weighted by Gasteiger charge is -2.10. The molecule has 1 aromatic carbocycles. The van der Waals surface area contributed by atoms with Crippen LogP contribution in [0.4, 0.5) is 5.95 Å². The van der Waals surface area contributed by atoms with Gasteiger partial charge in [0, 0.05) is 0 Å². The quantitative estimate of drug-likeness (QED) is 0.665. The smallest absolute Gasteiger partial charge is 0.285 e. The highest BCUT2D eigenvalue weighted by Crippen LogP contribution is 2.15. The number of nitrogens with two attached hydrogens (primary N) is 1. The van der Waals surface area contributed by atoms with Crippen molar-refractivity contribution in [1.82, 2.24) is 19.5 Å². The maximum Gasteiger partial charge on any atom is 0.285 e. The van der Waals surface area contributed by atoms with Gasteiger partial charge in [-0.3, -0.25) is 4.79 Å². The highest BCUT2D eigenvalue weighted by atomic mass is 16.1. The van der Waals surface area contributed by atoms with E-state index in [-0.39, 0.29) is 11.5 Å². The zero-order valence-electron chi connectivity index (χ0n) is 9.71. The molecule has 3 N–H and O–H groups in total. The SMILES string of the molecule is Cc1ccccc1-n1c(N)nc2nc[nH]c2c1=O. The van der Waals surface area contributed by atoms with Gasteiger partial charge in [-0.15, -0.1) is 0 Å². The number of benzene rings is 1. The maximum absolute atomic E-state index is 12.3. The number of nitrogens with one attached hydrogen (secondary N) is 1. The fourth-order valence-corrected chi connectivity index (χ4v) is 1.95. The lowest BCUT2D eigenvalue weighted by Crippen LogP contribution is -2.23. The highest BCUT2D eigenvalue weighted by Gasteiger charge is 2.13. The Morgan fingerprint density at radius 2 is 2.11 bits per heavy atom. The fraction of sp³-hybridized carbons (Fsp3) is 0.0833. The molecule has 6 heteroatoms. The van der Waals surface area contributed by atoms with Crippen LogP contribution in [0.25, 0.3) is 16.9 Å². The molecule has 6 nitrogen and oxygen atoms in total. The third-order valence-electron chi connectivity index (χ3n) is 2.84. The molecule has 0 atom stereocenters. The van der Waals surface area contributed by atoms with E-state index in [1.807, 2.05) is 31.2 Å². The Morgan fingerprint density at radius 3 is 2.89 bits per heavy atom. The van der Waals surface area contributed by atoms with Gasteiger partial charge < -0.3 is 10.7 Å². The number of aryl methyl sites for hydroxylation is 1. The van der Waals surface area contributed by atoms with E-state index >= 15 is 0 Å². The zero-order valence-corrected chi connectivity index (χ0v) is 9.71. The molecule has 0 bridgehead atoms. The first kappa shape index (κ1) is 10.5. The molecular weight excluding hydrogens is 230 g/mol. The Kier molecular flexibility index (Phi) is 2.16. The first-order valence-electron chi connectivity index (χ1n) is 5.46. The van der Waals surface area contributed by atoms with Crippen LogP contribution >= 0.6 is 0 Å². The number of imidazole rings is 1. The van der Waals surface area contributed by atoms with Gasteiger partial charge in [0.15, 0.2) is 11.2 Å². The second-order valence-corrected chi connectivity index (χ2v) is 4.00. The Morgan fingerprint density at radius 1 is 1.33 bits per heavy atom. The molecule has 0 radical (unpaired) electrons. The van der Waals surface area contributed by atoms with E-state index in [0.717, 1.165) is 11.3 Å². The normalized spacial score (nSPS) is 10.9. The second-order valence-electron chi connectivity index (χ2n) is 4.00. The third-order valence-corrected chi connectivity index (χ3v) is 2.84. The number of rotatable bonds is 1. The predicted octanol–water partition coefficient (Wildman–Crippen LogP) is 0.999. The van der Waals surface area contributed by atoms with Crippen molar-refractivity contribution in [1.29, 1.82) is 0 Å². The van der Waals surface area contributed by atoms with E-state index in [2.05, 4.69) is 15.0 Å². The van der Waals surface area contributed by atoms with Crippen LogP contribution in [-0.2, 0) is 0 Å². The van der Waals surface area contributed by atoms with Crippen LogP contribution in [0.15, 0.2) is 35.4 Å². The molecule has 18 heavy (non-hydrogen) atoms. The topological polar surface area (TPSA) is 89.6 Å². The Bertz CT molecular complexity index is 787. The molecule has 90 valence electrons. The summed E-state index contributed by atoms with van der Waals surface area (Å²) >= 11 is 0. The summed E-state index contributed by atoms with van der Waals surface area (Å²) in [4.78, 5) is 23.2. The number of H-pyrrole nitrogens is 1. The molecule has 0 aliphatic heterocycles. The average Bonchev–Trinajstić information content (AvgIpc) is 2.79. The van der Waals surface area contributed by atoms with Crippen molar-refractivity contribution < 1.29 is 0 Å². The monoisotopic (exact) mass is 241 g/mol. The number of nitrogen functional groups attached to an aromatic ring is 1. The third kappa shape index (κ3) is 1.39. The fourth-order valence-electron chi connectivity index (χ4n) is 1.95. The molecule has 0 aliphatic rings. The van der Waals surface area contributed by atoms with E-state index < -0.39 is 0 Å². The molecule has 3 rings (SSSR count). The van der Waals surface area contributed by atoms with Crippen molar-refractivity contribution in [2.75, 3.05) is 5.73 Å². The summed E-state index contributed by atoms with van der Waals surface area (Å²) in [6, 6.07) is 7.50. The van der Waals surface area contributed by atoms with Crippen LogP contribution in [0.5, 0.6) is 0 Å². The van der Waals surface area contributed by atoms with Crippen molar-refractivity contribution >= 4 is 17.1 Å². The minimum Gasteiger partial charge on any atom is -0.369 e. The van der Waals surface area contributed by atoms with E-state index in [1.165, 1.54) is 10.9 Å². The summed E-state index contributed by atoms with van der Waals surface area (Å²) in [7, 11) is 0. The average molecular weight is 241 g/mol. The van der Waals surface area contributed by atoms with Gasteiger partial charge in [0.1, 0.15) is 0 Å². The van der Waals surface area contributed by atoms with Gasteiger partial charge in [-0.05, 0) is 18.6 Å². The molecule has 0 spiro atoms. The number of fused-ring (bicyclic) bond motifs is 1. The van der Waals surface area contributed by atoms with Crippen LogP contribution in [0.1, 0.15) is 5.56 Å². The molecule has 3 aromatic rings. The maximum atomic E-state index is 12.3. The summed E-state index contributed by atoms with van der Waals surface area (Å²) in [5.74, 6) is 0.133. The number of anilines is 1. The van der Waals surface area contributed by atoms with Crippen molar-refractivity contribution in [3.63, 3.8) is 0 Å². The van der Waals surface area contributed by atoms with Crippen LogP contribution in [0.3, 0.4) is 0 Å². The summed E-state index contributed by atoms with van der Waals surface area (Å²) in [6.07, 6.45) is 1.43. The zero-order chi connectivity index (χ0) is 12.7. The van der Waals surface area contributed by atoms with Crippen LogP contribution in [0.2, 0.25) is 0 Å². The number of para-hydroxylation sites is 1. The number of hydrogen-bond acceptors (Lipinski definition) is 4. The summed E-state index contributed by atoms with van der Waals surface area (Å²) in [5.41, 5.74) is 7.97. The lowest BCUT2D eigenvalue weighted by molar-refractivity contribution is 0.966. The number of nitrogens with zero attached hydrogens (tertiary/aromatic N) is 3. The van der Waals surface area contributed by atoms with E-state index in [0.29, 0.717) is 11.2 Å². The minimum absolute atomic E-state index is 0.133. The predicted molar refractivity (Wildman–Crippen MR) is 68.6 cm³/mol. The number of aromatic nitrogens is 4. The second kappa shape index (κ2) is 3.69. The number of aromatic amines is 1. The molecule has 2 aromatic heterocycles. The van der Waals surface area contributed by atoms with E-state index in [1.54, 1.807) is 0 Å². The largest absolute Gasteiger partial charge is 0.369 e. The molecule has 0 amide bonds. The van der Waals surface area contributed by atoms with Crippen LogP contribution in [0, 0.1) is 6.92 Å². The molecule has 0 fully saturated rings. The first-order chi connectivity index (χ1) is 8.68. The summed E-state index contributed by atoms with van der Waals surface area (Å²) in [6.45, 7) is 1.92. The lowest BCUT2D eigenvalue weighted by atomic mass is 10.2. The van der Waals surface area contributed by atoms with Gasteiger partial charge in [-0.2, -0.15) is 4.98 Å². The molecule has 2 heterocycles. The molecule has 0 unspecified atom stereocenters. The highest BCUT2D eigenvalue weighted by molar-refractivity contribution is 5.71. The summed E-state index contributed by atoms with van der Waals surface area (Å²) < 4.78 is 1.38. The Balaban J connectivity index is 2.43. The summed E-state index contributed by atoms with van der Waals surface area (Å²) in [5, 5.41) is 0. The molecule has 0 aliphatic carbocycles. The van der Waals surface area contributed by atoms with Crippen molar-refractivity contribution in [2.24, 2.45) is 0 Å². The molecule has 0 saturated carbocycles. The van der Waals surface area contributed by atoms with Gasteiger partial charge in [0.25, 0.3) is 5.56 Å². The van der Waals surface area contributed by atoms with Crippen LogP contribution in [-0.4, -0.2) is 19.5 Å². The van der Waals surface area contributed by atoms with Gasteiger partial charge in [-0.1, -0.05) is 18.2 Å². The molecular formula is C12H11N5O. The van der Waals surface area contributed by atoms with Gasteiger partial charge in [0.2, 0.25) is 5.95 Å². The number of hydrogen-bond donors (Lipinski definition) is 2. The standard InChI is InChI=1S/C12H11N5O/c1-7-4-2-3-5-8(7)17-11(18)9-10(15-6-14-9)16-12(17)13/h2-6H,1H3,(H2,13,16)(H,14,15). The van der Waals surface area contributed by atoms with E-state index in [9.17, 15) is 4.79 Å². The van der Waals surface area contributed by atoms with Crippen molar-refractivity contribution in [3.8, 4) is 5.69 Å².